The summed E-state index contributed by atoms with van der Waals surface area (Å²) >= 11 is 0. The Labute approximate surface area is 123 Å². The molecule has 21 heavy (non-hydrogen) atoms. The van der Waals surface area contributed by atoms with Crippen molar-refractivity contribution in [2.45, 2.75) is 11.3 Å². The van der Waals surface area contributed by atoms with Crippen LogP contribution in [0.5, 0.6) is 0 Å². The van der Waals surface area contributed by atoms with Crippen LogP contribution in [0.4, 0.5) is 5.69 Å². The van der Waals surface area contributed by atoms with Crippen molar-refractivity contribution in [3.63, 3.8) is 0 Å². The van der Waals surface area contributed by atoms with Gasteiger partial charge in [0.1, 0.15) is 0 Å². The molecule has 2 amide bonds. The lowest BCUT2D eigenvalue weighted by atomic mass is 10.1. The number of hydrogen-bond acceptors (Lipinski definition) is 5. The predicted molar refractivity (Wildman–Crippen MR) is 77.5 cm³/mol. The lowest BCUT2D eigenvalue weighted by Gasteiger charge is -2.20. The van der Waals surface area contributed by atoms with Gasteiger partial charge in [-0.1, -0.05) is 0 Å². The Morgan fingerprint density at radius 2 is 2.00 bits per heavy atom. The molecule has 1 aliphatic rings. The van der Waals surface area contributed by atoms with Crippen molar-refractivity contribution < 1.29 is 18.0 Å². The summed E-state index contributed by atoms with van der Waals surface area (Å²) in [5, 5.41) is 2.67. The van der Waals surface area contributed by atoms with Crippen LogP contribution in [0.25, 0.3) is 0 Å². The number of carbonyl (C=O) groups is 2. The quantitative estimate of drug-likeness (QED) is 0.725. The molecule has 1 heterocycles. The van der Waals surface area contributed by atoms with E-state index in [9.17, 15) is 18.0 Å². The third-order valence-electron chi connectivity index (χ3n) is 3.20. The minimum Gasteiger partial charge on any atom is -0.399 e. The van der Waals surface area contributed by atoms with E-state index in [1.165, 1.54) is 23.1 Å². The fourth-order valence-electron chi connectivity index (χ4n) is 2.11. The molecule has 0 unspecified atom stereocenters. The first-order valence-corrected chi connectivity index (χ1v) is 8.33. The maximum absolute atomic E-state index is 12.4. The minimum absolute atomic E-state index is 0.00914. The molecule has 3 N–H and O–H groups in total. The second-order valence-corrected chi connectivity index (χ2v) is 6.97. The van der Waals surface area contributed by atoms with E-state index in [4.69, 9.17) is 5.73 Å². The third-order valence-corrected chi connectivity index (χ3v) is 4.30. The van der Waals surface area contributed by atoms with Gasteiger partial charge in [-0.15, -0.1) is 0 Å². The molecule has 0 spiro atoms. The van der Waals surface area contributed by atoms with Crippen LogP contribution >= 0.6 is 0 Å². The molecular weight excluding hydrogens is 294 g/mol. The number of anilines is 1. The lowest BCUT2D eigenvalue weighted by Crippen LogP contribution is -2.34. The van der Waals surface area contributed by atoms with Crippen molar-refractivity contribution in [3.05, 3.63) is 23.8 Å². The van der Waals surface area contributed by atoms with Gasteiger partial charge in [0.05, 0.1) is 4.90 Å². The van der Waals surface area contributed by atoms with Gasteiger partial charge in [0.2, 0.25) is 5.91 Å². The van der Waals surface area contributed by atoms with E-state index in [2.05, 4.69) is 5.32 Å². The number of nitrogens with zero attached hydrogens (tertiary/aromatic N) is 1. The predicted octanol–water partition coefficient (Wildman–Crippen LogP) is -0.366. The summed E-state index contributed by atoms with van der Waals surface area (Å²) in [6.45, 7) is 1.06. The Kier molecular flexibility index (Phi) is 4.17. The van der Waals surface area contributed by atoms with Crippen LogP contribution in [-0.4, -0.2) is 51.0 Å². The summed E-state index contributed by atoms with van der Waals surface area (Å²) in [7, 11) is -3.45. The van der Waals surface area contributed by atoms with Crippen LogP contribution in [0, 0.1) is 0 Å². The number of benzene rings is 1. The van der Waals surface area contributed by atoms with Gasteiger partial charge in [0.25, 0.3) is 5.91 Å². The molecule has 1 aliphatic heterocycles. The van der Waals surface area contributed by atoms with E-state index in [-0.39, 0.29) is 34.4 Å². The van der Waals surface area contributed by atoms with Crippen molar-refractivity contribution in [2.24, 2.45) is 0 Å². The molecular formula is C13H17N3O4S. The third kappa shape index (κ3) is 3.72. The van der Waals surface area contributed by atoms with Crippen molar-refractivity contribution in [1.82, 2.24) is 10.2 Å². The number of nitrogens with one attached hydrogen (secondary N) is 1. The Morgan fingerprint density at radius 1 is 1.29 bits per heavy atom. The average Bonchev–Trinajstić information content (AvgIpc) is 2.61. The van der Waals surface area contributed by atoms with E-state index in [1.807, 2.05) is 0 Å². The molecule has 0 saturated carbocycles. The van der Waals surface area contributed by atoms with Gasteiger partial charge < -0.3 is 16.0 Å². The number of hydrogen-bond donors (Lipinski definition) is 2. The normalized spacial score (nSPS) is 16.2. The molecule has 8 heteroatoms. The summed E-state index contributed by atoms with van der Waals surface area (Å²) in [6, 6.07) is 4.07. The Hall–Kier alpha value is -2.09. The Morgan fingerprint density at radius 3 is 2.67 bits per heavy atom. The monoisotopic (exact) mass is 311 g/mol. The van der Waals surface area contributed by atoms with Crippen molar-refractivity contribution in [1.29, 1.82) is 0 Å². The summed E-state index contributed by atoms with van der Waals surface area (Å²) in [5.41, 5.74) is 6.10. The zero-order valence-corrected chi connectivity index (χ0v) is 12.4. The maximum Gasteiger partial charge on any atom is 0.254 e. The number of nitrogen functional groups attached to an aromatic ring is 1. The van der Waals surface area contributed by atoms with Crippen LogP contribution in [0.3, 0.4) is 0 Å². The smallest absolute Gasteiger partial charge is 0.254 e. The molecule has 2 rings (SSSR count). The highest BCUT2D eigenvalue weighted by molar-refractivity contribution is 7.90. The van der Waals surface area contributed by atoms with Gasteiger partial charge in [0.15, 0.2) is 9.84 Å². The van der Waals surface area contributed by atoms with E-state index >= 15 is 0 Å². The summed E-state index contributed by atoms with van der Waals surface area (Å²) in [6.07, 6.45) is 1.29. The fraction of sp³-hybridized carbons (Fsp3) is 0.385. The molecule has 1 fully saturated rings. The van der Waals surface area contributed by atoms with Crippen molar-refractivity contribution in [3.8, 4) is 0 Å². The fourth-order valence-corrected chi connectivity index (χ4v) is 2.80. The highest BCUT2D eigenvalue weighted by Crippen LogP contribution is 2.18. The standard InChI is InChI=1S/C13H17N3O4S/c1-21(19,20)11-7-9(6-10(14)8-11)13(18)16-4-2-12(17)15-3-5-16/h6-8H,2-5,14H2,1H3,(H,15,17). The van der Waals surface area contributed by atoms with Crippen LogP contribution in [0.1, 0.15) is 16.8 Å². The lowest BCUT2D eigenvalue weighted by molar-refractivity contribution is -0.120. The van der Waals surface area contributed by atoms with Crippen LogP contribution in [0.2, 0.25) is 0 Å². The van der Waals surface area contributed by atoms with Gasteiger partial charge in [-0.2, -0.15) is 0 Å². The van der Waals surface area contributed by atoms with Crippen LogP contribution in [-0.2, 0) is 14.6 Å². The highest BCUT2D eigenvalue weighted by atomic mass is 32.2. The van der Waals surface area contributed by atoms with Gasteiger partial charge in [-0.25, -0.2) is 8.42 Å². The number of nitrogens with two attached hydrogens (primary N) is 1. The highest BCUT2D eigenvalue weighted by Gasteiger charge is 2.21. The summed E-state index contributed by atoms with van der Waals surface area (Å²) in [4.78, 5) is 25.2. The maximum atomic E-state index is 12.4. The first-order chi connectivity index (χ1) is 9.77. The van der Waals surface area contributed by atoms with E-state index < -0.39 is 9.84 Å². The topological polar surface area (TPSA) is 110 Å². The number of amides is 2. The second kappa shape index (κ2) is 5.72. The van der Waals surface area contributed by atoms with Gasteiger partial charge in [-0.05, 0) is 18.2 Å². The van der Waals surface area contributed by atoms with Crippen molar-refractivity contribution in [2.75, 3.05) is 31.6 Å². The molecule has 0 atom stereocenters. The molecule has 1 aromatic carbocycles. The number of carbonyl (C=O) groups excluding carboxylic acids is 2. The average molecular weight is 311 g/mol. The first-order valence-electron chi connectivity index (χ1n) is 6.44. The molecule has 1 aromatic rings. The number of rotatable bonds is 2. The van der Waals surface area contributed by atoms with E-state index in [0.717, 1.165) is 6.26 Å². The molecule has 0 aliphatic carbocycles. The largest absolute Gasteiger partial charge is 0.399 e. The Bertz CT molecular complexity index is 685. The van der Waals surface area contributed by atoms with Gasteiger partial charge in [-0.3, -0.25) is 9.59 Å². The van der Waals surface area contributed by atoms with Gasteiger partial charge in [0, 0.05) is 43.6 Å². The zero-order valence-electron chi connectivity index (χ0n) is 11.6. The SMILES string of the molecule is CS(=O)(=O)c1cc(N)cc(C(=O)N2CCNC(=O)CC2)c1. The molecule has 114 valence electrons. The van der Waals surface area contributed by atoms with E-state index in [1.54, 1.807) is 0 Å². The minimum atomic E-state index is -3.45. The molecule has 0 aromatic heterocycles. The van der Waals surface area contributed by atoms with Crippen LogP contribution < -0.4 is 11.1 Å². The van der Waals surface area contributed by atoms with Crippen molar-refractivity contribution >= 4 is 27.3 Å². The zero-order chi connectivity index (χ0) is 15.6. The van der Waals surface area contributed by atoms with Gasteiger partial charge >= 0.3 is 0 Å². The first kappa shape index (κ1) is 15.3. The number of sulfone groups is 1. The van der Waals surface area contributed by atoms with Crippen LogP contribution in [0.15, 0.2) is 23.1 Å². The molecule has 0 radical (unpaired) electrons. The Balaban J connectivity index is 2.30. The second-order valence-electron chi connectivity index (χ2n) is 4.96. The molecule has 0 bridgehead atoms. The summed E-state index contributed by atoms with van der Waals surface area (Å²) in [5.74, 6) is -0.432. The molecule has 1 saturated heterocycles. The van der Waals surface area contributed by atoms with E-state index in [0.29, 0.717) is 19.6 Å². The summed E-state index contributed by atoms with van der Waals surface area (Å²) < 4.78 is 23.2. The molecule has 7 nitrogen and oxygen atoms in total.